The third-order valence-corrected chi connectivity index (χ3v) is 7.02. The minimum absolute atomic E-state index is 0.0619. The van der Waals surface area contributed by atoms with Crippen LogP contribution in [0.5, 0.6) is 5.88 Å². The van der Waals surface area contributed by atoms with Gasteiger partial charge in [-0.3, -0.25) is 9.69 Å². The monoisotopic (exact) mass is 441 g/mol. The molecular formula is C23H31N5O2S. The van der Waals surface area contributed by atoms with Gasteiger partial charge in [-0.1, -0.05) is 13.0 Å². The number of thiophene rings is 1. The molecule has 0 spiro atoms. The summed E-state index contributed by atoms with van der Waals surface area (Å²) in [5.41, 5.74) is 2.75. The summed E-state index contributed by atoms with van der Waals surface area (Å²) in [6, 6.07) is 6.45. The summed E-state index contributed by atoms with van der Waals surface area (Å²) in [5.74, 6) is 1.10. The van der Waals surface area contributed by atoms with E-state index in [2.05, 4.69) is 44.7 Å². The van der Waals surface area contributed by atoms with Crippen molar-refractivity contribution < 1.29 is 9.53 Å². The van der Waals surface area contributed by atoms with E-state index in [1.54, 1.807) is 16.0 Å². The molecule has 1 fully saturated rings. The van der Waals surface area contributed by atoms with Crippen molar-refractivity contribution in [3.63, 3.8) is 0 Å². The van der Waals surface area contributed by atoms with E-state index in [0.29, 0.717) is 12.4 Å². The average Bonchev–Trinajstić information content (AvgIpc) is 3.37. The number of piperidine rings is 1. The van der Waals surface area contributed by atoms with Crippen LogP contribution in [0.25, 0.3) is 11.0 Å². The molecule has 4 heterocycles. The summed E-state index contributed by atoms with van der Waals surface area (Å²) in [6.07, 6.45) is 2.41. The summed E-state index contributed by atoms with van der Waals surface area (Å²) < 4.78 is 7.51. The fourth-order valence-electron chi connectivity index (χ4n) is 4.28. The molecule has 8 heteroatoms. The van der Waals surface area contributed by atoms with E-state index < -0.39 is 0 Å². The van der Waals surface area contributed by atoms with E-state index >= 15 is 0 Å². The molecule has 7 nitrogen and oxygen atoms in total. The zero-order valence-corrected chi connectivity index (χ0v) is 19.5. The molecule has 166 valence electrons. The number of carbonyl (C=O) groups is 1. The average molecular weight is 442 g/mol. The van der Waals surface area contributed by atoms with Crippen LogP contribution in [0, 0.1) is 19.8 Å². The topological polar surface area (TPSA) is 72.3 Å². The second kappa shape index (κ2) is 9.36. The lowest BCUT2D eigenvalue weighted by Crippen LogP contribution is -2.42. The summed E-state index contributed by atoms with van der Waals surface area (Å²) in [7, 11) is 1.84. The van der Waals surface area contributed by atoms with Gasteiger partial charge in [-0.25, -0.2) is 9.67 Å². The number of nitrogens with one attached hydrogen (secondary N) is 1. The van der Waals surface area contributed by atoms with Crippen LogP contribution in [0.4, 0.5) is 0 Å². The maximum atomic E-state index is 12.6. The Kier molecular flexibility index (Phi) is 6.57. The number of aromatic nitrogens is 3. The van der Waals surface area contributed by atoms with E-state index in [4.69, 9.17) is 4.74 Å². The Balaban J connectivity index is 1.39. The molecule has 0 radical (unpaired) electrons. The normalized spacial score (nSPS) is 16.5. The van der Waals surface area contributed by atoms with Gasteiger partial charge < -0.3 is 10.1 Å². The first-order valence-electron chi connectivity index (χ1n) is 10.9. The predicted octanol–water partition coefficient (Wildman–Crippen LogP) is 3.61. The van der Waals surface area contributed by atoms with Gasteiger partial charge in [0.1, 0.15) is 0 Å². The summed E-state index contributed by atoms with van der Waals surface area (Å²) in [6.45, 7) is 8.95. The van der Waals surface area contributed by atoms with Crippen molar-refractivity contribution in [3.05, 3.63) is 39.7 Å². The number of pyridine rings is 1. The first kappa shape index (κ1) is 21.8. The van der Waals surface area contributed by atoms with E-state index in [0.717, 1.165) is 41.3 Å². The van der Waals surface area contributed by atoms with Gasteiger partial charge in [0.15, 0.2) is 12.3 Å². The van der Waals surface area contributed by atoms with Crippen LogP contribution in [0.2, 0.25) is 0 Å². The number of hydrogen-bond acceptors (Lipinski definition) is 6. The summed E-state index contributed by atoms with van der Waals surface area (Å²) in [5, 5.41) is 10.5. The molecule has 1 saturated heterocycles. The van der Waals surface area contributed by atoms with Crippen LogP contribution in [-0.2, 0) is 11.8 Å². The Morgan fingerprint density at radius 2 is 2.13 bits per heavy atom. The van der Waals surface area contributed by atoms with Gasteiger partial charge in [0.2, 0.25) is 5.88 Å². The predicted molar refractivity (Wildman–Crippen MR) is 124 cm³/mol. The quantitative estimate of drug-likeness (QED) is 0.606. The first-order chi connectivity index (χ1) is 14.9. The Morgan fingerprint density at radius 3 is 2.84 bits per heavy atom. The molecular weight excluding hydrogens is 410 g/mol. The molecule has 0 aliphatic carbocycles. The fourth-order valence-corrected chi connectivity index (χ4v) is 5.14. The van der Waals surface area contributed by atoms with Gasteiger partial charge in [0.05, 0.1) is 11.4 Å². The highest BCUT2D eigenvalue weighted by atomic mass is 32.1. The maximum absolute atomic E-state index is 12.6. The first-order valence-corrected chi connectivity index (χ1v) is 11.8. The lowest BCUT2D eigenvalue weighted by atomic mass is 9.97. The highest BCUT2D eigenvalue weighted by Crippen LogP contribution is 2.29. The molecule has 4 rings (SSSR count). The van der Waals surface area contributed by atoms with Gasteiger partial charge in [0, 0.05) is 24.2 Å². The highest BCUT2D eigenvalue weighted by molar-refractivity contribution is 7.10. The SMILES string of the molecule is Cc1cc(C)c2c(OCC(=O)NCC(c3cccs3)N3CCC(C)CC3)nn(C)c2n1. The van der Waals surface area contributed by atoms with Gasteiger partial charge in [-0.05, 0) is 68.8 Å². The Hall–Kier alpha value is -2.45. The lowest BCUT2D eigenvalue weighted by molar-refractivity contribution is -0.123. The zero-order valence-electron chi connectivity index (χ0n) is 18.7. The van der Waals surface area contributed by atoms with Crippen molar-refractivity contribution in [2.45, 2.75) is 39.7 Å². The smallest absolute Gasteiger partial charge is 0.258 e. The number of rotatable bonds is 7. The van der Waals surface area contributed by atoms with E-state index in [-0.39, 0.29) is 18.6 Å². The molecule has 1 amide bonds. The minimum Gasteiger partial charge on any atom is -0.466 e. The Bertz CT molecular complexity index is 1040. The van der Waals surface area contributed by atoms with Gasteiger partial charge in [0.25, 0.3) is 5.91 Å². The third kappa shape index (κ3) is 4.91. The van der Waals surface area contributed by atoms with Gasteiger partial charge >= 0.3 is 0 Å². The van der Waals surface area contributed by atoms with Crippen molar-refractivity contribution in [1.82, 2.24) is 25.0 Å². The minimum atomic E-state index is -0.136. The Labute approximate surface area is 187 Å². The maximum Gasteiger partial charge on any atom is 0.258 e. The van der Waals surface area contributed by atoms with E-state index in [1.807, 2.05) is 27.0 Å². The highest BCUT2D eigenvalue weighted by Gasteiger charge is 2.26. The van der Waals surface area contributed by atoms with Crippen molar-refractivity contribution in [1.29, 1.82) is 0 Å². The summed E-state index contributed by atoms with van der Waals surface area (Å²) >= 11 is 1.75. The standard InChI is InChI=1S/C23H31N5O2S/c1-15-7-9-28(10-8-15)18(19-6-5-11-31-19)13-24-20(29)14-30-23-21-16(2)12-17(3)25-22(21)27(4)26-23/h5-6,11-12,15,18H,7-10,13-14H2,1-4H3,(H,24,29). The van der Waals surface area contributed by atoms with E-state index in [1.165, 1.54) is 17.7 Å². The number of carbonyl (C=O) groups excluding carboxylic acids is 1. The molecule has 0 aromatic carbocycles. The van der Waals surface area contributed by atoms with Crippen LogP contribution >= 0.6 is 11.3 Å². The number of likely N-dealkylation sites (tertiary alicyclic amines) is 1. The molecule has 0 bridgehead atoms. The van der Waals surface area contributed by atoms with Crippen LogP contribution in [0.15, 0.2) is 23.6 Å². The van der Waals surface area contributed by atoms with Crippen molar-refractivity contribution in [2.75, 3.05) is 26.2 Å². The molecule has 1 N–H and O–H groups in total. The second-order valence-corrected chi connectivity index (χ2v) is 9.53. The number of aryl methyl sites for hydroxylation is 3. The van der Waals surface area contributed by atoms with Crippen molar-refractivity contribution in [2.24, 2.45) is 13.0 Å². The second-order valence-electron chi connectivity index (χ2n) is 8.55. The number of fused-ring (bicyclic) bond motifs is 1. The number of ether oxygens (including phenoxy) is 1. The van der Waals surface area contributed by atoms with Crippen LogP contribution in [-0.4, -0.2) is 51.8 Å². The van der Waals surface area contributed by atoms with Gasteiger partial charge in [-0.2, -0.15) is 0 Å². The Morgan fingerprint density at radius 1 is 1.35 bits per heavy atom. The molecule has 3 aromatic rings. The molecule has 1 aliphatic rings. The van der Waals surface area contributed by atoms with Crippen molar-refractivity contribution in [3.8, 4) is 5.88 Å². The largest absolute Gasteiger partial charge is 0.466 e. The van der Waals surface area contributed by atoms with Crippen LogP contribution in [0.1, 0.15) is 41.9 Å². The molecule has 0 saturated carbocycles. The summed E-state index contributed by atoms with van der Waals surface area (Å²) in [4.78, 5) is 20.9. The van der Waals surface area contributed by atoms with Gasteiger partial charge in [-0.15, -0.1) is 16.4 Å². The lowest BCUT2D eigenvalue weighted by Gasteiger charge is -2.36. The van der Waals surface area contributed by atoms with Crippen molar-refractivity contribution >= 4 is 28.3 Å². The number of hydrogen-bond donors (Lipinski definition) is 1. The molecule has 1 atom stereocenters. The third-order valence-electron chi connectivity index (χ3n) is 6.05. The van der Waals surface area contributed by atoms with Crippen LogP contribution < -0.4 is 10.1 Å². The molecule has 1 aliphatic heterocycles. The van der Waals surface area contributed by atoms with E-state index in [9.17, 15) is 4.79 Å². The number of nitrogens with zero attached hydrogens (tertiary/aromatic N) is 4. The fraction of sp³-hybridized carbons (Fsp3) is 0.522. The zero-order chi connectivity index (χ0) is 22.0. The molecule has 1 unspecified atom stereocenters. The molecule has 31 heavy (non-hydrogen) atoms. The van der Waals surface area contributed by atoms with Crippen LogP contribution in [0.3, 0.4) is 0 Å². The number of amides is 1. The molecule has 3 aromatic heterocycles.